The number of nitrogens with one attached hydrogen (secondary N) is 1. The first kappa shape index (κ1) is 23.6. The molecule has 0 aliphatic rings. The van der Waals surface area contributed by atoms with E-state index < -0.39 is 10.8 Å². The Morgan fingerprint density at radius 2 is 1.71 bits per heavy atom. The van der Waals surface area contributed by atoms with Gasteiger partial charge in [-0.1, -0.05) is 53.5 Å². The molecule has 0 atom stereocenters. The molecule has 1 heterocycles. The van der Waals surface area contributed by atoms with Crippen LogP contribution < -0.4 is 14.8 Å². The van der Waals surface area contributed by atoms with Gasteiger partial charge in [-0.05, 0) is 35.2 Å². The molecule has 3 aromatic carbocycles. The molecule has 1 N–H and O–H groups in total. The fourth-order valence-corrected chi connectivity index (χ4v) is 4.15. The molecule has 0 fully saturated rings. The number of nitrogens with zero attached hydrogens (tertiary/aromatic N) is 1. The lowest BCUT2D eigenvalue weighted by molar-refractivity contribution is -0.384. The largest absolute Gasteiger partial charge is 0.487 e. The van der Waals surface area contributed by atoms with Crippen LogP contribution in [0.5, 0.6) is 17.2 Å². The number of anilines is 1. The molecule has 1 amide bonds. The number of non-ortho nitro benzene ring substituents is 1. The summed E-state index contributed by atoms with van der Waals surface area (Å²) >= 11 is 13.7. The Bertz CT molecular complexity index is 1330. The number of carbonyl (C=O) groups is 1. The minimum atomic E-state index is -0.499. The fourth-order valence-electron chi connectivity index (χ4n) is 2.96. The van der Waals surface area contributed by atoms with Crippen LogP contribution in [0.1, 0.15) is 15.2 Å². The molecule has 0 unspecified atom stereocenters. The Hall–Kier alpha value is -3.59. The van der Waals surface area contributed by atoms with Gasteiger partial charge in [0, 0.05) is 18.2 Å². The molecule has 0 saturated carbocycles. The molecule has 7 nitrogen and oxygen atoms in total. The highest BCUT2D eigenvalue weighted by Gasteiger charge is 2.18. The SMILES string of the molecule is O=C(Nc1cc(OCc2ccccc2)c(Cl)cc1Cl)c1sccc1Oc1ccc([N+](=O)[O-])cc1. The summed E-state index contributed by atoms with van der Waals surface area (Å²) in [5.74, 6) is 0.602. The minimum Gasteiger partial charge on any atom is -0.487 e. The Morgan fingerprint density at radius 3 is 2.41 bits per heavy atom. The van der Waals surface area contributed by atoms with E-state index in [9.17, 15) is 14.9 Å². The predicted octanol–water partition coefficient (Wildman–Crippen LogP) is 7.59. The maximum absolute atomic E-state index is 13.0. The number of carbonyl (C=O) groups excluding carboxylic acids is 1. The summed E-state index contributed by atoms with van der Waals surface area (Å²) in [5.41, 5.74) is 1.23. The van der Waals surface area contributed by atoms with Gasteiger partial charge in [0.1, 0.15) is 23.0 Å². The molecule has 34 heavy (non-hydrogen) atoms. The van der Waals surface area contributed by atoms with Gasteiger partial charge in [-0.3, -0.25) is 14.9 Å². The van der Waals surface area contributed by atoms with Crippen LogP contribution in [-0.4, -0.2) is 10.8 Å². The van der Waals surface area contributed by atoms with Gasteiger partial charge in [0.05, 0.1) is 20.7 Å². The van der Waals surface area contributed by atoms with E-state index in [1.54, 1.807) is 17.5 Å². The molecule has 172 valence electrons. The van der Waals surface area contributed by atoms with Crippen LogP contribution >= 0.6 is 34.5 Å². The van der Waals surface area contributed by atoms with Crippen molar-refractivity contribution in [3.8, 4) is 17.2 Å². The van der Waals surface area contributed by atoms with Crippen LogP contribution in [0.2, 0.25) is 10.0 Å². The van der Waals surface area contributed by atoms with E-state index in [4.69, 9.17) is 32.7 Å². The standard InChI is InChI=1S/C24H16Cl2N2O5S/c25-18-12-19(26)22(32-14-15-4-2-1-3-5-15)13-20(18)27-24(29)23-21(10-11-34-23)33-17-8-6-16(7-9-17)28(30)31/h1-13H,14H2,(H,27,29). The fraction of sp³-hybridized carbons (Fsp3) is 0.0417. The zero-order chi connectivity index (χ0) is 24.1. The van der Waals surface area contributed by atoms with E-state index in [1.807, 2.05) is 30.3 Å². The van der Waals surface area contributed by atoms with Crippen molar-refractivity contribution in [1.82, 2.24) is 0 Å². The lowest BCUT2D eigenvalue weighted by atomic mass is 10.2. The molecular weight excluding hydrogens is 499 g/mol. The molecule has 0 aliphatic carbocycles. The Balaban J connectivity index is 1.48. The smallest absolute Gasteiger partial charge is 0.269 e. The Kier molecular flexibility index (Phi) is 7.32. The number of thiophene rings is 1. The highest BCUT2D eigenvalue weighted by atomic mass is 35.5. The summed E-state index contributed by atoms with van der Waals surface area (Å²) in [5, 5.41) is 15.8. The van der Waals surface area contributed by atoms with Gasteiger partial charge in [-0.15, -0.1) is 11.3 Å². The zero-order valence-electron chi connectivity index (χ0n) is 17.4. The van der Waals surface area contributed by atoms with Crippen molar-refractivity contribution in [1.29, 1.82) is 0 Å². The van der Waals surface area contributed by atoms with Gasteiger partial charge in [0.2, 0.25) is 0 Å². The Labute approximate surface area is 208 Å². The highest BCUT2D eigenvalue weighted by Crippen LogP contribution is 2.36. The van der Waals surface area contributed by atoms with Gasteiger partial charge in [-0.25, -0.2) is 0 Å². The van der Waals surface area contributed by atoms with Crippen molar-refractivity contribution in [2.75, 3.05) is 5.32 Å². The second kappa shape index (κ2) is 10.6. The molecule has 0 aliphatic heterocycles. The number of ether oxygens (including phenoxy) is 2. The lowest BCUT2D eigenvalue weighted by Gasteiger charge is -2.13. The van der Waals surface area contributed by atoms with E-state index in [1.165, 1.54) is 41.7 Å². The summed E-state index contributed by atoms with van der Waals surface area (Å²) in [6.45, 7) is 0.299. The highest BCUT2D eigenvalue weighted by molar-refractivity contribution is 7.12. The summed E-state index contributed by atoms with van der Waals surface area (Å²) < 4.78 is 11.6. The first-order valence-corrected chi connectivity index (χ1v) is 11.5. The van der Waals surface area contributed by atoms with Crippen molar-refractivity contribution >= 4 is 51.8 Å². The second-order valence-electron chi connectivity index (χ2n) is 6.96. The average molecular weight is 515 g/mol. The number of benzene rings is 3. The topological polar surface area (TPSA) is 90.7 Å². The number of rotatable bonds is 8. The number of hydrogen-bond donors (Lipinski definition) is 1. The van der Waals surface area contributed by atoms with E-state index in [-0.39, 0.29) is 10.7 Å². The summed E-state index contributed by atoms with van der Waals surface area (Å²) in [6.07, 6.45) is 0. The summed E-state index contributed by atoms with van der Waals surface area (Å²) in [7, 11) is 0. The van der Waals surface area contributed by atoms with E-state index >= 15 is 0 Å². The second-order valence-corrected chi connectivity index (χ2v) is 8.69. The van der Waals surface area contributed by atoms with Gasteiger partial charge in [0.15, 0.2) is 5.75 Å². The number of halogens is 2. The van der Waals surface area contributed by atoms with E-state index in [0.717, 1.165) is 5.56 Å². The zero-order valence-corrected chi connectivity index (χ0v) is 19.7. The van der Waals surface area contributed by atoms with Crippen LogP contribution in [0.25, 0.3) is 0 Å². The summed E-state index contributed by atoms with van der Waals surface area (Å²) in [6, 6.07) is 19.9. The first-order valence-electron chi connectivity index (χ1n) is 9.87. The van der Waals surface area contributed by atoms with Gasteiger partial charge in [-0.2, -0.15) is 0 Å². The molecule has 0 radical (unpaired) electrons. The van der Waals surface area contributed by atoms with Crippen LogP contribution in [0.3, 0.4) is 0 Å². The van der Waals surface area contributed by atoms with Crippen molar-refractivity contribution in [3.63, 3.8) is 0 Å². The Morgan fingerprint density at radius 1 is 0.971 bits per heavy atom. The third kappa shape index (κ3) is 5.66. The molecule has 10 heteroatoms. The average Bonchev–Trinajstić information content (AvgIpc) is 3.29. The molecular formula is C24H16Cl2N2O5S. The van der Waals surface area contributed by atoms with Crippen LogP contribution in [0.15, 0.2) is 78.2 Å². The molecule has 0 spiro atoms. The van der Waals surface area contributed by atoms with E-state index in [0.29, 0.717) is 39.4 Å². The molecule has 1 aromatic heterocycles. The minimum absolute atomic E-state index is 0.0571. The predicted molar refractivity (Wildman–Crippen MR) is 133 cm³/mol. The third-order valence-electron chi connectivity index (χ3n) is 4.62. The summed E-state index contributed by atoms with van der Waals surface area (Å²) in [4.78, 5) is 23.6. The normalized spacial score (nSPS) is 10.5. The quantitative estimate of drug-likeness (QED) is 0.193. The van der Waals surface area contributed by atoms with Gasteiger partial charge < -0.3 is 14.8 Å². The van der Waals surface area contributed by atoms with E-state index in [2.05, 4.69) is 5.32 Å². The molecule has 0 bridgehead atoms. The monoisotopic (exact) mass is 514 g/mol. The maximum atomic E-state index is 13.0. The van der Waals surface area contributed by atoms with Crippen molar-refractivity contribution in [3.05, 3.63) is 109 Å². The molecule has 0 saturated heterocycles. The van der Waals surface area contributed by atoms with Crippen molar-refractivity contribution in [2.45, 2.75) is 6.61 Å². The third-order valence-corrected chi connectivity index (χ3v) is 6.12. The molecule has 4 rings (SSSR count). The van der Waals surface area contributed by atoms with Crippen LogP contribution in [0.4, 0.5) is 11.4 Å². The molecule has 4 aromatic rings. The number of amides is 1. The first-order chi connectivity index (χ1) is 16.4. The van der Waals surface area contributed by atoms with Gasteiger partial charge >= 0.3 is 0 Å². The maximum Gasteiger partial charge on any atom is 0.269 e. The van der Waals surface area contributed by atoms with Crippen molar-refractivity contribution in [2.24, 2.45) is 0 Å². The lowest BCUT2D eigenvalue weighted by Crippen LogP contribution is -2.12. The number of nitro benzene ring substituents is 1. The van der Waals surface area contributed by atoms with Crippen molar-refractivity contribution < 1.29 is 19.2 Å². The van der Waals surface area contributed by atoms with Crippen LogP contribution in [-0.2, 0) is 6.61 Å². The number of hydrogen-bond acceptors (Lipinski definition) is 6. The number of nitro groups is 1. The van der Waals surface area contributed by atoms with Crippen LogP contribution in [0, 0.1) is 10.1 Å². The van der Waals surface area contributed by atoms with Gasteiger partial charge in [0.25, 0.3) is 11.6 Å².